The summed E-state index contributed by atoms with van der Waals surface area (Å²) in [5.74, 6) is 1.77. The van der Waals surface area contributed by atoms with Crippen LogP contribution in [0, 0.1) is 17.8 Å². The van der Waals surface area contributed by atoms with Crippen molar-refractivity contribution in [3.05, 3.63) is 23.0 Å². The quantitative estimate of drug-likeness (QED) is 0.721. The lowest BCUT2D eigenvalue weighted by molar-refractivity contribution is -0.127. The maximum atomic E-state index is 12.4. The molecular formula is C21H32O4. The fraction of sp³-hybridized carbons (Fsp3) is 0.762. The fourth-order valence-corrected chi connectivity index (χ4v) is 4.68. The van der Waals surface area contributed by atoms with Crippen molar-refractivity contribution in [3.63, 3.8) is 0 Å². The SMILES string of the molecule is C[C@H](CO)CCC[C@@H](C)C1=CC[C@@]2(C)OC3=C(C[C@H]12)C(=O)[C@@H](O)CC3. The van der Waals surface area contributed by atoms with Gasteiger partial charge in [-0.25, -0.2) is 0 Å². The number of ether oxygens (including phenoxy) is 1. The molecule has 0 unspecified atom stereocenters. The van der Waals surface area contributed by atoms with Gasteiger partial charge in [-0.05, 0) is 44.4 Å². The third-order valence-corrected chi connectivity index (χ3v) is 6.44. The summed E-state index contributed by atoms with van der Waals surface area (Å²) in [6, 6.07) is 0. The molecule has 0 bridgehead atoms. The van der Waals surface area contributed by atoms with Crippen molar-refractivity contribution in [2.75, 3.05) is 6.61 Å². The van der Waals surface area contributed by atoms with Crippen molar-refractivity contribution < 1.29 is 19.7 Å². The zero-order valence-corrected chi connectivity index (χ0v) is 15.8. The number of Topliss-reactive ketones (excluding diaryl/α,β-unsaturated/α-hetero) is 1. The summed E-state index contributed by atoms with van der Waals surface area (Å²) in [7, 11) is 0. The Morgan fingerprint density at radius 3 is 2.84 bits per heavy atom. The lowest BCUT2D eigenvalue weighted by atomic mass is 9.73. The van der Waals surface area contributed by atoms with E-state index in [1.165, 1.54) is 5.57 Å². The largest absolute Gasteiger partial charge is 0.491 e. The first-order chi connectivity index (χ1) is 11.9. The van der Waals surface area contributed by atoms with Crippen LogP contribution in [0.25, 0.3) is 0 Å². The zero-order chi connectivity index (χ0) is 18.2. The number of carbonyl (C=O) groups is 1. The number of aliphatic hydroxyl groups excluding tert-OH is 2. The van der Waals surface area contributed by atoms with E-state index in [9.17, 15) is 15.0 Å². The molecule has 0 amide bonds. The predicted octanol–water partition coefficient (Wildman–Crippen LogP) is 3.52. The number of hydrogen-bond donors (Lipinski definition) is 2. The highest BCUT2D eigenvalue weighted by Gasteiger charge is 2.49. The van der Waals surface area contributed by atoms with Gasteiger partial charge in [0, 0.05) is 30.9 Å². The second-order valence-electron chi connectivity index (χ2n) is 8.52. The van der Waals surface area contributed by atoms with Crippen LogP contribution < -0.4 is 0 Å². The van der Waals surface area contributed by atoms with E-state index < -0.39 is 6.10 Å². The molecule has 3 aliphatic rings. The molecule has 2 aliphatic carbocycles. The summed E-state index contributed by atoms with van der Waals surface area (Å²) in [6.07, 6.45) is 7.51. The molecule has 1 aliphatic heterocycles. The van der Waals surface area contributed by atoms with E-state index >= 15 is 0 Å². The Morgan fingerprint density at radius 2 is 2.12 bits per heavy atom. The van der Waals surface area contributed by atoms with E-state index in [-0.39, 0.29) is 23.9 Å². The first-order valence-electron chi connectivity index (χ1n) is 9.80. The Bertz CT molecular complexity index is 591. The third-order valence-electron chi connectivity index (χ3n) is 6.44. The molecule has 4 nitrogen and oxygen atoms in total. The fourth-order valence-electron chi connectivity index (χ4n) is 4.68. The van der Waals surface area contributed by atoms with Crippen LogP contribution in [0.3, 0.4) is 0 Å². The normalized spacial score (nSPS) is 34.1. The van der Waals surface area contributed by atoms with E-state index in [0.717, 1.165) is 37.0 Å². The standard InChI is InChI=1S/C21H32O4/c1-13(12-22)5-4-6-14(2)15-9-10-21(3)17(15)11-16-19(25-21)8-7-18(23)20(16)24/h9,13-14,17-18,22-23H,4-8,10-12H2,1-3H3/t13-,14+,17+,18-,21+/m0/s1. The van der Waals surface area contributed by atoms with Crippen LogP contribution in [0.5, 0.6) is 0 Å². The van der Waals surface area contributed by atoms with Gasteiger partial charge in [-0.3, -0.25) is 4.79 Å². The summed E-state index contributed by atoms with van der Waals surface area (Å²) in [5, 5.41) is 19.1. The van der Waals surface area contributed by atoms with Crippen molar-refractivity contribution in [1.82, 2.24) is 0 Å². The van der Waals surface area contributed by atoms with Crippen LogP contribution in [0.1, 0.15) is 65.7 Å². The first kappa shape index (κ1) is 18.7. The molecule has 0 aromatic heterocycles. The Kier molecular flexibility index (Phi) is 5.40. The molecule has 0 saturated heterocycles. The van der Waals surface area contributed by atoms with Crippen molar-refractivity contribution >= 4 is 5.78 Å². The Balaban J connectivity index is 1.69. The van der Waals surface area contributed by atoms with E-state index in [2.05, 4.69) is 26.8 Å². The van der Waals surface area contributed by atoms with Gasteiger partial charge in [0.05, 0.1) is 0 Å². The molecule has 140 valence electrons. The highest BCUT2D eigenvalue weighted by molar-refractivity contribution is 6.00. The van der Waals surface area contributed by atoms with Crippen LogP contribution in [-0.2, 0) is 9.53 Å². The minimum Gasteiger partial charge on any atom is -0.491 e. The third kappa shape index (κ3) is 3.56. The van der Waals surface area contributed by atoms with Crippen LogP contribution in [0.4, 0.5) is 0 Å². The molecule has 0 fully saturated rings. The second-order valence-corrected chi connectivity index (χ2v) is 8.52. The smallest absolute Gasteiger partial charge is 0.190 e. The summed E-state index contributed by atoms with van der Waals surface area (Å²) >= 11 is 0. The maximum Gasteiger partial charge on any atom is 0.190 e. The Morgan fingerprint density at radius 1 is 1.36 bits per heavy atom. The lowest BCUT2D eigenvalue weighted by Gasteiger charge is -2.43. The average molecular weight is 348 g/mol. The van der Waals surface area contributed by atoms with Crippen molar-refractivity contribution in [3.8, 4) is 0 Å². The van der Waals surface area contributed by atoms with Gasteiger partial charge in [-0.2, -0.15) is 0 Å². The molecular weight excluding hydrogens is 316 g/mol. The van der Waals surface area contributed by atoms with Gasteiger partial charge in [-0.15, -0.1) is 0 Å². The van der Waals surface area contributed by atoms with Crippen LogP contribution in [0.15, 0.2) is 23.0 Å². The molecule has 25 heavy (non-hydrogen) atoms. The van der Waals surface area contributed by atoms with Crippen LogP contribution >= 0.6 is 0 Å². The van der Waals surface area contributed by atoms with Gasteiger partial charge in [0.2, 0.25) is 0 Å². The van der Waals surface area contributed by atoms with Gasteiger partial charge in [0.1, 0.15) is 17.5 Å². The second kappa shape index (κ2) is 7.24. The molecule has 0 aromatic rings. The molecule has 4 heteroatoms. The number of fused-ring (bicyclic) bond motifs is 1. The van der Waals surface area contributed by atoms with E-state index in [4.69, 9.17) is 4.74 Å². The van der Waals surface area contributed by atoms with E-state index in [0.29, 0.717) is 31.1 Å². The maximum absolute atomic E-state index is 12.4. The molecule has 2 N–H and O–H groups in total. The molecule has 5 atom stereocenters. The highest BCUT2D eigenvalue weighted by atomic mass is 16.5. The van der Waals surface area contributed by atoms with Crippen molar-refractivity contribution in [2.24, 2.45) is 17.8 Å². The number of hydrogen-bond acceptors (Lipinski definition) is 4. The monoisotopic (exact) mass is 348 g/mol. The zero-order valence-electron chi connectivity index (χ0n) is 15.8. The topological polar surface area (TPSA) is 66.8 Å². The lowest BCUT2D eigenvalue weighted by Crippen LogP contribution is -2.43. The van der Waals surface area contributed by atoms with Gasteiger partial charge in [0.15, 0.2) is 5.78 Å². The minimum atomic E-state index is -0.849. The van der Waals surface area contributed by atoms with Crippen molar-refractivity contribution in [2.45, 2.75) is 77.4 Å². The number of ketones is 1. The minimum absolute atomic E-state index is 0.126. The molecule has 0 spiro atoms. The Labute approximate surface area is 151 Å². The van der Waals surface area contributed by atoms with Gasteiger partial charge in [-0.1, -0.05) is 31.9 Å². The van der Waals surface area contributed by atoms with E-state index in [1.54, 1.807) is 0 Å². The number of aliphatic hydroxyl groups is 2. The Hall–Kier alpha value is -1.13. The highest BCUT2D eigenvalue weighted by Crippen LogP contribution is 2.51. The van der Waals surface area contributed by atoms with Gasteiger partial charge in [0.25, 0.3) is 0 Å². The van der Waals surface area contributed by atoms with E-state index in [1.807, 2.05) is 0 Å². The van der Waals surface area contributed by atoms with Crippen LogP contribution in [-0.4, -0.2) is 34.3 Å². The average Bonchev–Trinajstić information content (AvgIpc) is 2.93. The first-order valence-corrected chi connectivity index (χ1v) is 9.80. The number of allylic oxidation sites excluding steroid dienone is 1. The van der Waals surface area contributed by atoms with Gasteiger partial charge < -0.3 is 14.9 Å². The summed E-state index contributed by atoms with van der Waals surface area (Å²) < 4.78 is 6.32. The number of rotatable bonds is 6. The molecule has 1 heterocycles. The summed E-state index contributed by atoms with van der Waals surface area (Å²) in [4.78, 5) is 12.4. The molecule has 0 radical (unpaired) electrons. The molecule has 0 aromatic carbocycles. The molecule has 3 rings (SSSR count). The summed E-state index contributed by atoms with van der Waals surface area (Å²) in [6.45, 7) is 6.77. The van der Waals surface area contributed by atoms with Crippen molar-refractivity contribution in [1.29, 1.82) is 0 Å². The van der Waals surface area contributed by atoms with Gasteiger partial charge >= 0.3 is 0 Å². The molecule has 0 saturated carbocycles. The predicted molar refractivity (Wildman–Crippen MR) is 96.8 cm³/mol. The van der Waals surface area contributed by atoms with Crippen LogP contribution in [0.2, 0.25) is 0 Å². The summed E-state index contributed by atoms with van der Waals surface area (Å²) in [5.41, 5.74) is 1.91. The number of carbonyl (C=O) groups excluding carboxylic acids is 1.